The lowest BCUT2D eigenvalue weighted by Crippen LogP contribution is -2.36. The van der Waals surface area contributed by atoms with Gasteiger partial charge in [-0.1, -0.05) is 0 Å². The molecule has 0 bridgehead atoms. The number of ether oxygens (including phenoxy) is 1. The van der Waals surface area contributed by atoms with Crippen LogP contribution in [-0.2, 0) is 4.74 Å². The van der Waals surface area contributed by atoms with Gasteiger partial charge in [0.15, 0.2) is 0 Å². The predicted octanol–water partition coefficient (Wildman–Crippen LogP) is 2.79. The first kappa shape index (κ1) is 16.0. The zero-order chi connectivity index (χ0) is 16.9. The minimum atomic E-state index is -0.712. The van der Waals surface area contributed by atoms with Crippen LogP contribution in [0.4, 0.5) is 15.8 Å². The number of carbonyl (C=O) groups is 1. The number of morpholine rings is 1. The van der Waals surface area contributed by atoms with Crippen LogP contribution in [0.3, 0.4) is 0 Å². The van der Waals surface area contributed by atoms with E-state index >= 15 is 0 Å². The Hall–Kier alpha value is -2.91. The first-order chi connectivity index (χ1) is 11.7. The molecule has 1 fully saturated rings. The first-order valence-electron chi connectivity index (χ1n) is 7.61. The Morgan fingerprint density at radius 2 is 1.88 bits per heavy atom. The van der Waals surface area contributed by atoms with Gasteiger partial charge in [-0.05, 0) is 42.5 Å². The van der Waals surface area contributed by atoms with Gasteiger partial charge in [-0.15, -0.1) is 0 Å². The van der Waals surface area contributed by atoms with Crippen LogP contribution >= 0.6 is 0 Å². The average Bonchev–Trinajstić information content (AvgIpc) is 2.63. The van der Waals surface area contributed by atoms with E-state index in [-0.39, 0.29) is 11.1 Å². The van der Waals surface area contributed by atoms with Crippen LogP contribution in [0.2, 0.25) is 0 Å². The van der Waals surface area contributed by atoms with Crippen LogP contribution in [0.25, 0.3) is 0 Å². The largest absolute Gasteiger partial charge is 0.378 e. The highest BCUT2D eigenvalue weighted by Crippen LogP contribution is 2.20. The molecule has 1 N–H and O–H groups in total. The highest BCUT2D eigenvalue weighted by atomic mass is 19.1. The summed E-state index contributed by atoms with van der Waals surface area (Å²) in [5, 5.41) is 11.4. The Bertz CT molecular complexity index is 778. The standard InChI is InChI=1S/C18H16FN3O2/c19-17-11-13(12-20)1-6-16(17)18(23)21-14-2-4-15(5-3-14)22-7-9-24-10-8-22/h1-6,11H,7-10H2,(H,21,23). The molecule has 6 heteroatoms. The number of nitriles is 1. The zero-order valence-corrected chi connectivity index (χ0v) is 13.0. The zero-order valence-electron chi connectivity index (χ0n) is 13.0. The van der Waals surface area contributed by atoms with Gasteiger partial charge in [0.25, 0.3) is 5.91 Å². The van der Waals surface area contributed by atoms with Gasteiger partial charge in [0, 0.05) is 24.5 Å². The molecule has 1 aliphatic heterocycles. The molecule has 0 aromatic heterocycles. The Balaban J connectivity index is 1.69. The van der Waals surface area contributed by atoms with E-state index in [0.29, 0.717) is 18.9 Å². The second-order valence-corrected chi connectivity index (χ2v) is 5.41. The molecule has 1 aliphatic rings. The van der Waals surface area contributed by atoms with E-state index in [0.717, 1.165) is 24.8 Å². The topological polar surface area (TPSA) is 65.4 Å². The number of rotatable bonds is 3. The van der Waals surface area contributed by atoms with E-state index in [1.807, 2.05) is 18.2 Å². The third-order valence-electron chi connectivity index (χ3n) is 3.84. The predicted molar refractivity (Wildman–Crippen MR) is 88.5 cm³/mol. The van der Waals surface area contributed by atoms with Gasteiger partial charge in [-0.2, -0.15) is 5.26 Å². The van der Waals surface area contributed by atoms with E-state index in [1.54, 1.807) is 12.1 Å². The molecule has 3 rings (SSSR count). The number of benzene rings is 2. The third-order valence-corrected chi connectivity index (χ3v) is 3.84. The summed E-state index contributed by atoms with van der Waals surface area (Å²) in [5.74, 6) is -1.26. The van der Waals surface area contributed by atoms with Crippen molar-refractivity contribution in [2.75, 3.05) is 36.5 Å². The quantitative estimate of drug-likeness (QED) is 0.942. The van der Waals surface area contributed by atoms with Crippen molar-refractivity contribution >= 4 is 17.3 Å². The van der Waals surface area contributed by atoms with E-state index < -0.39 is 11.7 Å². The first-order valence-corrected chi connectivity index (χ1v) is 7.61. The fraction of sp³-hybridized carbons (Fsp3) is 0.222. The maximum absolute atomic E-state index is 13.9. The molecule has 0 atom stereocenters. The Labute approximate surface area is 139 Å². The van der Waals surface area contributed by atoms with Gasteiger partial charge >= 0.3 is 0 Å². The molecule has 122 valence electrons. The molecule has 0 aliphatic carbocycles. The van der Waals surface area contributed by atoms with Crippen molar-refractivity contribution in [1.29, 1.82) is 5.26 Å². The molecule has 2 aromatic carbocycles. The van der Waals surface area contributed by atoms with Gasteiger partial charge in [-0.3, -0.25) is 4.79 Å². The average molecular weight is 325 g/mol. The molecule has 0 spiro atoms. The van der Waals surface area contributed by atoms with Crippen molar-refractivity contribution < 1.29 is 13.9 Å². The van der Waals surface area contributed by atoms with E-state index in [9.17, 15) is 9.18 Å². The van der Waals surface area contributed by atoms with Crippen LogP contribution in [0.1, 0.15) is 15.9 Å². The SMILES string of the molecule is N#Cc1ccc(C(=O)Nc2ccc(N3CCOCC3)cc2)c(F)c1. The number of amides is 1. The molecule has 1 heterocycles. The summed E-state index contributed by atoms with van der Waals surface area (Å²) in [5.41, 5.74) is 1.73. The van der Waals surface area contributed by atoms with Crippen LogP contribution < -0.4 is 10.2 Å². The fourth-order valence-corrected chi connectivity index (χ4v) is 2.54. The second kappa shape index (κ2) is 7.11. The van der Waals surface area contributed by atoms with Gasteiger partial charge in [-0.25, -0.2) is 4.39 Å². The van der Waals surface area contributed by atoms with E-state index in [1.165, 1.54) is 12.1 Å². The van der Waals surface area contributed by atoms with Crippen molar-refractivity contribution in [2.24, 2.45) is 0 Å². The van der Waals surface area contributed by atoms with Crippen molar-refractivity contribution in [3.05, 3.63) is 59.4 Å². The number of carbonyl (C=O) groups excluding carboxylic acids is 1. The molecule has 0 radical (unpaired) electrons. The van der Waals surface area contributed by atoms with Crippen molar-refractivity contribution in [3.8, 4) is 6.07 Å². The molecule has 5 nitrogen and oxygen atoms in total. The Morgan fingerprint density at radius 3 is 2.50 bits per heavy atom. The molecule has 0 saturated carbocycles. The number of nitrogens with one attached hydrogen (secondary N) is 1. The molecule has 1 saturated heterocycles. The Kier molecular flexibility index (Phi) is 4.73. The van der Waals surface area contributed by atoms with Gasteiger partial charge in [0.1, 0.15) is 5.82 Å². The maximum Gasteiger partial charge on any atom is 0.258 e. The lowest BCUT2D eigenvalue weighted by atomic mass is 10.1. The third kappa shape index (κ3) is 3.53. The smallest absolute Gasteiger partial charge is 0.258 e. The molecule has 0 unspecified atom stereocenters. The lowest BCUT2D eigenvalue weighted by molar-refractivity contribution is 0.102. The van der Waals surface area contributed by atoms with Crippen molar-refractivity contribution in [1.82, 2.24) is 0 Å². The van der Waals surface area contributed by atoms with Crippen LogP contribution in [0.15, 0.2) is 42.5 Å². The normalized spacial score (nSPS) is 14.1. The number of hydrogen-bond donors (Lipinski definition) is 1. The van der Waals surface area contributed by atoms with E-state index in [4.69, 9.17) is 10.00 Å². The van der Waals surface area contributed by atoms with Crippen LogP contribution in [-0.4, -0.2) is 32.2 Å². The highest BCUT2D eigenvalue weighted by molar-refractivity contribution is 6.04. The van der Waals surface area contributed by atoms with Crippen molar-refractivity contribution in [3.63, 3.8) is 0 Å². The van der Waals surface area contributed by atoms with Gasteiger partial charge in [0.05, 0.1) is 30.4 Å². The highest BCUT2D eigenvalue weighted by Gasteiger charge is 2.14. The van der Waals surface area contributed by atoms with Gasteiger partial charge < -0.3 is 15.0 Å². The molecular weight excluding hydrogens is 309 g/mol. The summed E-state index contributed by atoms with van der Waals surface area (Å²) >= 11 is 0. The number of nitrogens with zero attached hydrogens (tertiary/aromatic N) is 2. The Morgan fingerprint density at radius 1 is 1.17 bits per heavy atom. The fourth-order valence-electron chi connectivity index (χ4n) is 2.54. The summed E-state index contributed by atoms with van der Waals surface area (Å²) in [6.45, 7) is 3.08. The molecular formula is C18H16FN3O2. The summed E-state index contributed by atoms with van der Waals surface area (Å²) < 4.78 is 19.2. The second-order valence-electron chi connectivity index (χ2n) is 5.41. The maximum atomic E-state index is 13.9. The minimum absolute atomic E-state index is 0.0914. The molecule has 2 aromatic rings. The summed E-state index contributed by atoms with van der Waals surface area (Å²) in [4.78, 5) is 14.4. The number of anilines is 2. The van der Waals surface area contributed by atoms with Crippen LogP contribution in [0.5, 0.6) is 0 Å². The van der Waals surface area contributed by atoms with E-state index in [2.05, 4.69) is 10.2 Å². The lowest BCUT2D eigenvalue weighted by Gasteiger charge is -2.28. The molecule has 24 heavy (non-hydrogen) atoms. The summed E-state index contributed by atoms with van der Waals surface area (Å²) in [7, 11) is 0. The number of hydrogen-bond acceptors (Lipinski definition) is 4. The van der Waals surface area contributed by atoms with Crippen molar-refractivity contribution in [2.45, 2.75) is 0 Å². The minimum Gasteiger partial charge on any atom is -0.378 e. The monoisotopic (exact) mass is 325 g/mol. The molecule has 1 amide bonds. The summed E-state index contributed by atoms with van der Waals surface area (Å²) in [6.07, 6.45) is 0. The van der Waals surface area contributed by atoms with Crippen LogP contribution in [0, 0.1) is 17.1 Å². The number of halogens is 1. The van der Waals surface area contributed by atoms with Gasteiger partial charge in [0.2, 0.25) is 0 Å². The summed E-state index contributed by atoms with van der Waals surface area (Å²) in [6, 6.07) is 13.0.